The largest absolute Gasteiger partial charge is 0.494 e. The fraction of sp³-hybridized carbons (Fsp3) is 0.571. The Morgan fingerprint density at radius 3 is 2.19 bits per heavy atom. The molecule has 11 heteroatoms. The summed E-state index contributed by atoms with van der Waals surface area (Å²) in [5.74, 6) is 0.605. The summed E-state index contributed by atoms with van der Waals surface area (Å²) in [6.07, 6.45) is -1.71. The summed E-state index contributed by atoms with van der Waals surface area (Å²) in [4.78, 5) is 27.7. The lowest BCUT2D eigenvalue weighted by atomic mass is 9.71. The summed E-state index contributed by atoms with van der Waals surface area (Å²) < 4.78 is 24.0. The third-order valence-electron chi connectivity index (χ3n) is 7.48. The monoisotopic (exact) mass is 444 g/mol. The Hall–Kier alpha value is -2.79. The van der Waals surface area contributed by atoms with Gasteiger partial charge in [0.05, 0.1) is 17.8 Å². The molecular formula is C21H25BN2O8. The van der Waals surface area contributed by atoms with E-state index in [1.807, 2.05) is 45.9 Å². The van der Waals surface area contributed by atoms with Gasteiger partial charge in [-0.3, -0.25) is 0 Å². The van der Waals surface area contributed by atoms with Gasteiger partial charge < -0.3 is 29.0 Å². The Balaban J connectivity index is 1.59. The highest BCUT2D eigenvalue weighted by Gasteiger charge is 2.67. The van der Waals surface area contributed by atoms with Crippen LogP contribution in [0.15, 0.2) is 23.2 Å². The number of imide groups is 1. The predicted octanol–water partition coefficient (Wildman–Crippen LogP) is 2.40. The second-order valence-corrected chi connectivity index (χ2v) is 9.86. The van der Waals surface area contributed by atoms with Gasteiger partial charge in [0.2, 0.25) is 0 Å². The van der Waals surface area contributed by atoms with Gasteiger partial charge in [0.1, 0.15) is 17.9 Å². The molecule has 10 nitrogen and oxygen atoms in total. The zero-order valence-electron chi connectivity index (χ0n) is 18.4. The standard InChI is InChI=1S/C21H25BN2O8/c1-18(2)19(3,4)32-22(31-18)12-5-6-14-13(9-12)21(20(7-8-20)10-29-14)11-30-15(23-21)24(16(25)26)17(27)28/h5-6,9H,7-8,10-11H2,1-4H3,(H,25,26)(H,27,28). The maximum Gasteiger partial charge on any atom is 0.494 e. The highest BCUT2D eigenvalue weighted by Crippen LogP contribution is 2.65. The Labute approximate surface area is 185 Å². The summed E-state index contributed by atoms with van der Waals surface area (Å²) in [6.45, 7) is 8.33. The highest BCUT2D eigenvalue weighted by atomic mass is 16.7. The molecule has 1 aromatic carbocycles. The molecule has 32 heavy (non-hydrogen) atoms. The first-order valence-corrected chi connectivity index (χ1v) is 10.5. The Morgan fingerprint density at radius 1 is 1.00 bits per heavy atom. The van der Waals surface area contributed by atoms with Gasteiger partial charge >= 0.3 is 25.3 Å². The number of hydrogen-bond donors (Lipinski definition) is 2. The Morgan fingerprint density at radius 2 is 1.62 bits per heavy atom. The molecule has 0 aromatic heterocycles. The molecule has 2 fully saturated rings. The van der Waals surface area contributed by atoms with E-state index in [4.69, 9.17) is 18.8 Å². The van der Waals surface area contributed by atoms with Crippen LogP contribution in [-0.4, -0.2) is 64.9 Å². The van der Waals surface area contributed by atoms with E-state index in [-0.39, 0.29) is 16.9 Å². The molecule has 1 saturated carbocycles. The van der Waals surface area contributed by atoms with Gasteiger partial charge in [0.25, 0.3) is 0 Å². The SMILES string of the molecule is CC1(C)OB(c2ccc3c(c2)C2(COC(N(C(=O)O)C(=O)O)=N2)C2(CC2)CO3)OC1(C)C. The molecular weight excluding hydrogens is 419 g/mol. The van der Waals surface area contributed by atoms with Crippen LogP contribution in [-0.2, 0) is 19.6 Å². The molecule has 1 unspecified atom stereocenters. The van der Waals surface area contributed by atoms with Crippen LogP contribution in [0.4, 0.5) is 9.59 Å². The minimum atomic E-state index is -1.67. The molecule has 1 aromatic rings. The van der Waals surface area contributed by atoms with E-state index in [1.165, 1.54) is 0 Å². The molecule has 170 valence electrons. The van der Waals surface area contributed by atoms with Crippen LogP contribution in [0.3, 0.4) is 0 Å². The first-order chi connectivity index (χ1) is 14.9. The molecule has 2 amide bonds. The van der Waals surface area contributed by atoms with Crippen molar-refractivity contribution < 1.29 is 38.6 Å². The lowest BCUT2D eigenvalue weighted by molar-refractivity contribution is 0.00578. The third-order valence-corrected chi connectivity index (χ3v) is 7.48. The van der Waals surface area contributed by atoms with Gasteiger partial charge in [-0.15, -0.1) is 4.90 Å². The number of nitrogens with zero attached hydrogens (tertiary/aromatic N) is 2. The summed E-state index contributed by atoms with van der Waals surface area (Å²) in [5, 5.41) is 18.7. The maximum absolute atomic E-state index is 11.5. The van der Waals surface area contributed by atoms with Crippen LogP contribution >= 0.6 is 0 Å². The number of amides is 2. The number of ether oxygens (including phenoxy) is 2. The molecule has 2 spiro atoms. The van der Waals surface area contributed by atoms with Crippen molar-refractivity contribution in [3.05, 3.63) is 23.8 Å². The van der Waals surface area contributed by atoms with Gasteiger partial charge in [0, 0.05) is 11.0 Å². The van der Waals surface area contributed by atoms with Crippen LogP contribution in [0.1, 0.15) is 46.1 Å². The van der Waals surface area contributed by atoms with E-state index in [1.54, 1.807) is 0 Å². The predicted molar refractivity (Wildman–Crippen MR) is 112 cm³/mol. The van der Waals surface area contributed by atoms with E-state index in [9.17, 15) is 19.8 Å². The Bertz CT molecular complexity index is 1020. The molecule has 0 radical (unpaired) electrons. The van der Waals surface area contributed by atoms with E-state index >= 15 is 0 Å². The molecule has 3 heterocycles. The molecule has 3 aliphatic heterocycles. The van der Waals surface area contributed by atoms with E-state index < -0.39 is 42.1 Å². The fourth-order valence-corrected chi connectivity index (χ4v) is 4.62. The molecule has 0 bridgehead atoms. The third kappa shape index (κ3) is 2.77. The fourth-order valence-electron chi connectivity index (χ4n) is 4.62. The molecule has 4 aliphatic rings. The highest BCUT2D eigenvalue weighted by molar-refractivity contribution is 6.62. The Kier molecular flexibility index (Phi) is 4.21. The first kappa shape index (κ1) is 21.1. The lowest BCUT2D eigenvalue weighted by Gasteiger charge is -2.39. The minimum absolute atomic E-state index is 0.0303. The zero-order valence-corrected chi connectivity index (χ0v) is 18.4. The van der Waals surface area contributed by atoms with Crippen molar-refractivity contribution in [2.75, 3.05) is 13.2 Å². The van der Waals surface area contributed by atoms with Crippen LogP contribution in [0, 0.1) is 5.41 Å². The molecule has 1 saturated heterocycles. The average molecular weight is 444 g/mol. The van der Waals surface area contributed by atoms with Gasteiger partial charge in [-0.25, -0.2) is 14.6 Å². The molecule has 1 atom stereocenters. The molecule has 5 rings (SSSR count). The normalized spacial score (nSPS) is 28.0. The first-order valence-electron chi connectivity index (χ1n) is 10.5. The van der Waals surface area contributed by atoms with Crippen molar-refractivity contribution in [3.63, 3.8) is 0 Å². The van der Waals surface area contributed by atoms with E-state index in [0.717, 1.165) is 23.9 Å². The number of aliphatic imine (C=N–C) groups is 1. The molecule has 1 aliphatic carbocycles. The van der Waals surface area contributed by atoms with E-state index in [0.29, 0.717) is 12.4 Å². The van der Waals surface area contributed by atoms with E-state index in [2.05, 4.69) is 4.99 Å². The number of rotatable bonds is 1. The van der Waals surface area contributed by atoms with Crippen molar-refractivity contribution in [3.8, 4) is 5.75 Å². The van der Waals surface area contributed by atoms with Crippen LogP contribution < -0.4 is 10.2 Å². The van der Waals surface area contributed by atoms with Gasteiger partial charge in [-0.1, -0.05) is 12.1 Å². The topological polar surface area (TPSA) is 127 Å². The van der Waals surface area contributed by atoms with Crippen molar-refractivity contribution in [2.24, 2.45) is 10.4 Å². The number of carboxylic acid groups (broad SMARTS) is 2. The maximum atomic E-state index is 11.5. The van der Waals surface area contributed by atoms with Gasteiger partial charge in [-0.05, 0) is 52.1 Å². The van der Waals surface area contributed by atoms with Crippen molar-refractivity contribution in [1.82, 2.24) is 4.90 Å². The minimum Gasteiger partial charge on any atom is -0.493 e. The average Bonchev–Trinajstić information content (AvgIpc) is 3.29. The second-order valence-electron chi connectivity index (χ2n) is 9.86. The van der Waals surface area contributed by atoms with Gasteiger partial charge in [-0.2, -0.15) is 0 Å². The summed E-state index contributed by atoms with van der Waals surface area (Å²) in [6, 6.07) is 5.16. The van der Waals surface area contributed by atoms with Crippen molar-refractivity contribution in [1.29, 1.82) is 0 Å². The quantitative estimate of drug-likeness (QED) is 0.633. The lowest BCUT2D eigenvalue weighted by Crippen LogP contribution is -2.45. The van der Waals surface area contributed by atoms with Crippen molar-refractivity contribution in [2.45, 2.75) is 57.3 Å². The van der Waals surface area contributed by atoms with Crippen LogP contribution in [0.25, 0.3) is 0 Å². The number of carbonyl (C=O) groups is 2. The zero-order chi connectivity index (χ0) is 23.1. The number of fused-ring (bicyclic) bond motifs is 3. The summed E-state index contributed by atoms with van der Waals surface area (Å²) in [7, 11) is -0.597. The smallest absolute Gasteiger partial charge is 0.493 e. The summed E-state index contributed by atoms with van der Waals surface area (Å²) in [5.41, 5.74) is -0.841. The number of amidine groups is 1. The number of hydrogen-bond acceptors (Lipinski definition) is 7. The molecule has 2 N–H and O–H groups in total. The van der Waals surface area contributed by atoms with Gasteiger partial charge in [0.15, 0.2) is 0 Å². The summed E-state index contributed by atoms with van der Waals surface area (Å²) >= 11 is 0. The van der Waals surface area contributed by atoms with Crippen LogP contribution in [0.5, 0.6) is 5.75 Å². The second kappa shape index (κ2) is 6.38. The van der Waals surface area contributed by atoms with Crippen molar-refractivity contribution >= 4 is 30.8 Å². The van der Waals surface area contributed by atoms with Crippen LogP contribution in [0.2, 0.25) is 0 Å². The number of benzene rings is 1.